The van der Waals surface area contributed by atoms with E-state index in [0.717, 1.165) is 16.2 Å². The molecule has 0 saturated carbocycles. The molecular weight excluding hydrogens is 394 g/mol. The van der Waals surface area contributed by atoms with Crippen LogP contribution in [0.4, 0.5) is 5.69 Å². The monoisotopic (exact) mass is 415 g/mol. The Morgan fingerprint density at radius 1 is 0.933 bits per heavy atom. The lowest BCUT2D eigenvalue weighted by Gasteiger charge is -2.09. The van der Waals surface area contributed by atoms with E-state index in [4.69, 9.17) is 4.98 Å². The number of nitrogens with zero attached hydrogens (tertiary/aromatic N) is 2. The third-order valence-electron chi connectivity index (χ3n) is 4.66. The molecule has 1 heterocycles. The number of benzene rings is 3. The molecule has 4 aromatic rings. The van der Waals surface area contributed by atoms with Gasteiger partial charge in [0, 0.05) is 18.2 Å². The second kappa shape index (κ2) is 8.97. The van der Waals surface area contributed by atoms with E-state index < -0.39 is 0 Å². The SMILES string of the molecule is CC(=O)Nc1ccc(C(=O)CSc2nc3ccccc3n2Cc2ccccc2)cc1. The smallest absolute Gasteiger partial charge is 0.221 e. The summed E-state index contributed by atoms with van der Waals surface area (Å²) in [7, 11) is 0. The molecule has 0 spiro atoms. The normalized spacial score (nSPS) is 10.8. The van der Waals surface area contributed by atoms with Crippen molar-refractivity contribution in [3.8, 4) is 0 Å². The van der Waals surface area contributed by atoms with Gasteiger partial charge in [-0.1, -0.05) is 54.2 Å². The van der Waals surface area contributed by atoms with Gasteiger partial charge in [-0.25, -0.2) is 4.98 Å². The fraction of sp³-hybridized carbons (Fsp3) is 0.125. The van der Waals surface area contributed by atoms with E-state index in [0.29, 0.717) is 17.8 Å². The summed E-state index contributed by atoms with van der Waals surface area (Å²) in [6, 6.07) is 25.2. The Bertz CT molecular complexity index is 1180. The number of fused-ring (bicyclic) bond motifs is 1. The van der Waals surface area contributed by atoms with Crippen LogP contribution in [-0.2, 0) is 11.3 Å². The van der Waals surface area contributed by atoms with Gasteiger partial charge in [-0.2, -0.15) is 0 Å². The summed E-state index contributed by atoms with van der Waals surface area (Å²) >= 11 is 1.44. The van der Waals surface area contributed by atoms with Crippen molar-refractivity contribution >= 4 is 40.2 Å². The number of carbonyl (C=O) groups excluding carboxylic acids is 2. The molecular formula is C24H21N3O2S. The van der Waals surface area contributed by atoms with E-state index >= 15 is 0 Å². The number of rotatable bonds is 7. The van der Waals surface area contributed by atoms with Crippen LogP contribution in [0.1, 0.15) is 22.8 Å². The first-order chi connectivity index (χ1) is 14.6. The second-order valence-corrected chi connectivity index (χ2v) is 7.87. The van der Waals surface area contributed by atoms with E-state index in [1.54, 1.807) is 24.3 Å². The standard InChI is InChI=1S/C24H21N3O2S/c1-17(28)25-20-13-11-19(12-14-20)23(29)16-30-24-26-21-9-5-6-10-22(21)27(24)15-18-7-3-2-4-8-18/h2-14H,15-16H2,1H3,(H,25,28). The maximum absolute atomic E-state index is 12.7. The van der Waals surface area contributed by atoms with Crippen molar-refractivity contribution in [2.75, 3.05) is 11.1 Å². The molecule has 0 fully saturated rings. The van der Waals surface area contributed by atoms with Gasteiger partial charge in [0.2, 0.25) is 5.91 Å². The molecule has 150 valence electrons. The van der Waals surface area contributed by atoms with Crippen molar-refractivity contribution in [2.45, 2.75) is 18.6 Å². The first-order valence-electron chi connectivity index (χ1n) is 9.63. The highest BCUT2D eigenvalue weighted by Crippen LogP contribution is 2.26. The summed E-state index contributed by atoms with van der Waals surface area (Å²) in [6.07, 6.45) is 0. The van der Waals surface area contributed by atoms with Crippen LogP contribution in [0.15, 0.2) is 84.0 Å². The molecule has 4 rings (SSSR count). The number of anilines is 1. The third-order valence-corrected chi connectivity index (χ3v) is 5.64. The average Bonchev–Trinajstić information content (AvgIpc) is 3.10. The van der Waals surface area contributed by atoms with Crippen molar-refractivity contribution < 1.29 is 9.59 Å². The molecule has 1 amide bonds. The van der Waals surface area contributed by atoms with Gasteiger partial charge in [0.25, 0.3) is 0 Å². The number of imidazole rings is 1. The highest BCUT2D eigenvalue weighted by atomic mass is 32.2. The number of thioether (sulfide) groups is 1. The lowest BCUT2D eigenvalue weighted by atomic mass is 10.1. The molecule has 3 aromatic carbocycles. The van der Waals surface area contributed by atoms with Crippen LogP contribution in [0.2, 0.25) is 0 Å². The molecule has 0 aliphatic carbocycles. The van der Waals surface area contributed by atoms with Crippen LogP contribution in [0.5, 0.6) is 0 Å². The lowest BCUT2D eigenvalue weighted by molar-refractivity contribution is -0.114. The van der Waals surface area contributed by atoms with Crippen molar-refractivity contribution in [3.05, 3.63) is 90.0 Å². The van der Waals surface area contributed by atoms with Crippen LogP contribution in [-0.4, -0.2) is 27.0 Å². The minimum atomic E-state index is -0.137. The third kappa shape index (κ3) is 4.60. The number of Topliss-reactive ketones (excluding diaryl/α,β-unsaturated/α-hetero) is 1. The summed E-state index contributed by atoms with van der Waals surface area (Å²) in [6.45, 7) is 2.15. The number of nitrogens with one attached hydrogen (secondary N) is 1. The van der Waals surface area contributed by atoms with Crippen LogP contribution in [0.25, 0.3) is 11.0 Å². The van der Waals surface area contributed by atoms with Crippen LogP contribution in [0, 0.1) is 0 Å². The van der Waals surface area contributed by atoms with Gasteiger partial charge < -0.3 is 9.88 Å². The highest BCUT2D eigenvalue weighted by molar-refractivity contribution is 7.99. The van der Waals surface area contributed by atoms with Crippen LogP contribution < -0.4 is 5.32 Å². The predicted octanol–water partition coefficient (Wildman–Crippen LogP) is 5.02. The molecule has 0 radical (unpaired) electrons. The molecule has 1 aromatic heterocycles. The van der Waals surface area contributed by atoms with Crippen LogP contribution >= 0.6 is 11.8 Å². The number of ketones is 1. The van der Waals surface area contributed by atoms with Gasteiger partial charge in [-0.3, -0.25) is 9.59 Å². The molecule has 0 saturated heterocycles. The zero-order valence-corrected chi connectivity index (χ0v) is 17.4. The average molecular weight is 416 g/mol. The zero-order valence-electron chi connectivity index (χ0n) is 16.5. The van der Waals surface area contributed by atoms with Gasteiger partial charge in [0.05, 0.1) is 23.3 Å². The first-order valence-corrected chi connectivity index (χ1v) is 10.6. The molecule has 0 aliphatic heterocycles. The van der Waals surface area contributed by atoms with Gasteiger partial charge in [-0.05, 0) is 42.0 Å². The fourth-order valence-electron chi connectivity index (χ4n) is 3.24. The van der Waals surface area contributed by atoms with E-state index in [1.807, 2.05) is 36.4 Å². The summed E-state index contributed by atoms with van der Waals surface area (Å²) in [5, 5.41) is 3.53. The Morgan fingerprint density at radius 3 is 2.37 bits per heavy atom. The van der Waals surface area contributed by atoms with Crippen molar-refractivity contribution in [3.63, 3.8) is 0 Å². The van der Waals surface area contributed by atoms with Gasteiger partial charge in [0.1, 0.15) is 0 Å². The molecule has 6 heteroatoms. The Labute approximate surface area is 179 Å². The van der Waals surface area contributed by atoms with E-state index in [2.05, 4.69) is 28.1 Å². The Hall–Kier alpha value is -3.38. The minimum Gasteiger partial charge on any atom is -0.326 e. The molecule has 0 atom stereocenters. The first kappa shape index (κ1) is 19.9. The summed E-state index contributed by atoms with van der Waals surface area (Å²) in [4.78, 5) is 28.6. The van der Waals surface area contributed by atoms with Gasteiger partial charge in [-0.15, -0.1) is 0 Å². The maximum Gasteiger partial charge on any atom is 0.221 e. The van der Waals surface area contributed by atoms with E-state index in [9.17, 15) is 9.59 Å². The second-order valence-electron chi connectivity index (χ2n) is 6.93. The molecule has 1 N–H and O–H groups in total. The maximum atomic E-state index is 12.7. The minimum absolute atomic E-state index is 0.0210. The number of hydrogen-bond acceptors (Lipinski definition) is 4. The largest absolute Gasteiger partial charge is 0.326 e. The van der Waals surface area contributed by atoms with Gasteiger partial charge in [0.15, 0.2) is 10.9 Å². The Balaban J connectivity index is 1.52. The van der Waals surface area contributed by atoms with E-state index in [-0.39, 0.29) is 17.4 Å². The Kier molecular flexibility index (Phi) is 5.95. The predicted molar refractivity (Wildman–Crippen MR) is 121 cm³/mol. The molecule has 0 unspecified atom stereocenters. The molecule has 5 nitrogen and oxygen atoms in total. The van der Waals surface area contributed by atoms with Crippen LogP contribution in [0.3, 0.4) is 0 Å². The summed E-state index contributed by atoms with van der Waals surface area (Å²) in [5.41, 5.74) is 4.44. The summed E-state index contributed by atoms with van der Waals surface area (Å²) < 4.78 is 2.16. The number of para-hydroxylation sites is 2. The van der Waals surface area contributed by atoms with Gasteiger partial charge >= 0.3 is 0 Å². The molecule has 0 aliphatic rings. The topological polar surface area (TPSA) is 64.0 Å². The summed E-state index contributed by atoms with van der Waals surface area (Å²) in [5.74, 6) is 0.173. The lowest BCUT2D eigenvalue weighted by Crippen LogP contribution is -2.07. The highest BCUT2D eigenvalue weighted by Gasteiger charge is 2.14. The zero-order chi connectivity index (χ0) is 20.9. The van der Waals surface area contributed by atoms with E-state index in [1.165, 1.54) is 24.2 Å². The number of aromatic nitrogens is 2. The number of hydrogen-bond donors (Lipinski definition) is 1. The number of amides is 1. The van der Waals surface area contributed by atoms with Crippen molar-refractivity contribution in [1.82, 2.24) is 9.55 Å². The number of carbonyl (C=O) groups is 2. The quantitative estimate of drug-likeness (QED) is 0.340. The van der Waals surface area contributed by atoms with Crippen molar-refractivity contribution in [1.29, 1.82) is 0 Å². The fourth-order valence-corrected chi connectivity index (χ4v) is 4.15. The van der Waals surface area contributed by atoms with Crippen molar-refractivity contribution in [2.24, 2.45) is 0 Å². The molecule has 30 heavy (non-hydrogen) atoms. The Morgan fingerprint density at radius 2 is 1.63 bits per heavy atom. The molecule has 0 bridgehead atoms.